The average molecular weight is 379 g/mol. The normalized spacial score (nSPS) is 10.9. The second-order valence-electron chi connectivity index (χ2n) is 7.14. The number of carbonyl (C=O) groups is 1. The predicted octanol–water partition coefficient (Wildman–Crippen LogP) is 4.41. The molecule has 0 aliphatic rings. The number of ether oxygens (including phenoxy) is 1. The van der Waals surface area contributed by atoms with Gasteiger partial charge in [0.25, 0.3) is 5.91 Å². The van der Waals surface area contributed by atoms with Gasteiger partial charge in [0, 0.05) is 17.2 Å². The SMILES string of the molecule is COc1ccc(-c2noc(CN(C(=O)c3cc(C)cc(C)c3)C(C)C)n2)cc1. The first kappa shape index (κ1) is 19.6. The molecule has 0 saturated carbocycles. The molecule has 146 valence electrons. The number of hydrogen-bond acceptors (Lipinski definition) is 5. The fourth-order valence-electron chi connectivity index (χ4n) is 3.08. The maximum Gasteiger partial charge on any atom is 0.254 e. The molecule has 0 bridgehead atoms. The molecule has 1 aromatic heterocycles. The van der Waals surface area contributed by atoms with Gasteiger partial charge in [-0.15, -0.1) is 0 Å². The first-order valence-electron chi connectivity index (χ1n) is 9.23. The summed E-state index contributed by atoms with van der Waals surface area (Å²) in [4.78, 5) is 19.3. The number of nitrogens with zero attached hydrogens (tertiary/aromatic N) is 3. The Bertz CT molecular complexity index is 941. The van der Waals surface area contributed by atoms with Crippen LogP contribution in [0.15, 0.2) is 47.0 Å². The second kappa shape index (κ2) is 8.25. The van der Waals surface area contributed by atoms with E-state index < -0.39 is 0 Å². The van der Waals surface area contributed by atoms with Gasteiger partial charge in [-0.1, -0.05) is 22.3 Å². The van der Waals surface area contributed by atoms with E-state index in [-0.39, 0.29) is 18.5 Å². The Morgan fingerprint density at radius 3 is 2.32 bits per heavy atom. The van der Waals surface area contributed by atoms with Crippen molar-refractivity contribution in [3.63, 3.8) is 0 Å². The molecule has 1 amide bonds. The van der Waals surface area contributed by atoms with Gasteiger partial charge in [0.15, 0.2) is 0 Å². The Balaban J connectivity index is 1.81. The molecule has 0 aliphatic carbocycles. The van der Waals surface area contributed by atoms with Crippen LogP contribution < -0.4 is 4.74 Å². The van der Waals surface area contributed by atoms with Crippen LogP contribution in [0.3, 0.4) is 0 Å². The Morgan fingerprint density at radius 1 is 1.11 bits per heavy atom. The van der Waals surface area contributed by atoms with E-state index in [2.05, 4.69) is 16.2 Å². The minimum atomic E-state index is -0.0500. The molecule has 1 heterocycles. The summed E-state index contributed by atoms with van der Waals surface area (Å²) in [5.74, 6) is 1.60. The van der Waals surface area contributed by atoms with Crippen molar-refractivity contribution in [3.05, 3.63) is 65.0 Å². The van der Waals surface area contributed by atoms with Gasteiger partial charge in [0.2, 0.25) is 11.7 Å². The van der Waals surface area contributed by atoms with Gasteiger partial charge >= 0.3 is 0 Å². The summed E-state index contributed by atoms with van der Waals surface area (Å²) in [7, 11) is 1.62. The second-order valence-corrected chi connectivity index (χ2v) is 7.14. The maximum absolute atomic E-state index is 13.1. The van der Waals surface area contributed by atoms with Crippen molar-refractivity contribution in [1.29, 1.82) is 0 Å². The molecule has 0 saturated heterocycles. The molecule has 6 heteroatoms. The summed E-state index contributed by atoms with van der Waals surface area (Å²) >= 11 is 0. The molecule has 0 atom stereocenters. The summed E-state index contributed by atoms with van der Waals surface area (Å²) in [6.07, 6.45) is 0. The zero-order chi connectivity index (χ0) is 20.3. The third-order valence-corrected chi connectivity index (χ3v) is 4.47. The lowest BCUT2D eigenvalue weighted by Gasteiger charge is -2.25. The van der Waals surface area contributed by atoms with E-state index in [1.807, 2.05) is 64.1 Å². The molecule has 0 N–H and O–H groups in total. The molecular formula is C22H25N3O3. The molecule has 6 nitrogen and oxygen atoms in total. The maximum atomic E-state index is 13.1. The van der Waals surface area contributed by atoms with Gasteiger partial charge < -0.3 is 14.2 Å². The van der Waals surface area contributed by atoms with Gasteiger partial charge in [-0.3, -0.25) is 4.79 Å². The van der Waals surface area contributed by atoms with Crippen molar-refractivity contribution >= 4 is 5.91 Å². The number of aryl methyl sites for hydroxylation is 2. The topological polar surface area (TPSA) is 68.5 Å². The number of benzene rings is 2. The number of rotatable bonds is 6. The van der Waals surface area contributed by atoms with E-state index >= 15 is 0 Å². The van der Waals surface area contributed by atoms with E-state index in [4.69, 9.17) is 9.26 Å². The van der Waals surface area contributed by atoms with Gasteiger partial charge in [-0.05, 0) is 64.1 Å². The van der Waals surface area contributed by atoms with Crippen LogP contribution in [-0.2, 0) is 6.54 Å². The summed E-state index contributed by atoms with van der Waals surface area (Å²) < 4.78 is 10.6. The molecule has 0 spiro atoms. The van der Waals surface area contributed by atoms with Crippen molar-refractivity contribution in [3.8, 4) is 17.1 Å². The molecule has 3 aromatic rings. The third-order valence-electron chi connectivity index (χ3n) is 4.47. The molecule has 2 aromatic carbocycles. The van der Waals surface area contributed by atoms with Crippen molar-refractivity contribution in [2.75, 3.05) is 7.11 Å². The van der Waals surface area contributed by atoms with Crippen molar-refractivity contribution in [1.82, 2.24) is 15.0 Å². The van der Waals surface area contributed by atoms with Crippen molar-refractivity contribution < 1.29 is 14.1 Å². The van der Waals surface area contributed by atoms with Crippen LogP contribution in [0, 0.1) is 13.8 Å². The Morgan fingerprint density at radius 2 is 1.75 bits per heavy atom. The summed E-state index contributed by atoms with van der Waals surface area (Å²) in [6, 6.07) is 13.3. The highest BCUT2D eigenvalue weighted by molar-refractivity contribution is 5.94. The van der Waals surface area contributed by atoms with Crippen LogP contribution in [0.1, 0.15) is 41.2 Å². The van der Waals surface area contributed by atoms with E-state index in [9.17, 15) is 4.79 Å². The van der Waals surface area contributed by atoms with Crippen LogP contribution in [-0.4, -0.2) is 34.1 Å². The standard InChI is InChI=1S/C22H25N3O3/c1-14(2)25(22(26)18-11-15(3)10-16(4)12-18)13-20-23-21(24-28-20)17-6-8-19(27-5)9-7-17/h6-12,14H,13H2,1-5H3. The van der Waals surface area contributed by atoms with Crippen LogP contribution in [0.2, 0.25) is 0 Å². The minimum absolute atomic E-state index is 0.00958. The molecule has 0 fully saturated rings. The predicted molar refractivity (Wildman–Crippen MR) is 107 cm³/mol. The summed E-state index contributed by atoms with van der Waals surface area (Å²) in [5, 5.41) is 4.05. The summed E-state index contributed by atoms with van der Waals surface area (Å²) in [5.41, 5.74) is 3.62. The first-order chi connectivity index (χ1) is 13.4. The fraction of sp³-hybridized carbons (Fsp3) is 0.318. The number of methoxy groups -OCH3 is 1. The average Bonchev–Trinajstić information content (AvgIpc) is 3.13. The van der Waals surface area contributed by atoms with Crippen molar-refractivity contribution in [2.24, 2.45) is 0 Å². The summed E-state index contributed by atoms with van der Waals surface area (Å²) in [6.45, 7) is 8.18. The third kappa shape index (κ3) is 4.39. The Hall–Kier alpha value is -3.15. The number of carbonyl (C=O) groups excluding carboxylic acids is 1. The van der Waals surface area contributed by atoms with Crippen LogP contribution in [0.4, 0.5) is 0 Å². The highest BCUT2D eigenvalue weighted by Crippen LogP contribution is 2.21. The smallest absolute Gasteiger partial charge is 0.254 e. The number of aromatic nitrogens is 2. The quantitative estimate of drug-likeness (QED) is 0.634. The highest BCUT2D eigenvalue weighted by atomic mass is 16.5. The zero-order valence-electron chi connectivity index (χ0n) is 16.9. The lowest BCUT2D eigenvalue weighted by Crippen LogP contribution is -2.36. The van der Waals surface area contributed by atoms with Gasteiger partial charge in [-0.2, -0.15) is 4.98 Å². The lowest BCUT2D eigenvalue weighted by molar-refractivity contribution is 0.0667. The molecule has 3 rings (SSSR count). The van der Waals surface area contributed by atoms with Gasteiger partial charge in [0.05, 0.1) is 7.11 Å². The van der Waals surface area contributed by atoms with E-state index in [1.54, 1.807) is 12.0 Å². The highest BCUT2D eigenvalue weighted by Gasteiger charge is 2.22. The minimum Gasteiger partial charge on any atom is -0.497 e. The van der Waals surface area contributed by atoms with E-state index in [0.29, 0.717) is 17.3 Å². The van der Waals surface area contributed by atoms with E-state index in [1.165, 1.54) is 0 Å². The Labute approximate surface area is 165 Å². The largest absolute Gasteiger partial charge is 0.497 e. The Kier molecular flexibility index (Phi) is 5.78. The van der Waals surface area contributed by atoms with E-state index in [0.717, 1.165) is 22.4 Å². The van der Waals surface area contributed by atoms with Crippen LogP contribution in [0.5, 0.6) is 5.75 Å². The lowest BCUT2D eigenvalue weighted by atomic mass is 10.1. The molecule has 28 heavy (non-hydrogen) atoms. The zero-order valence-corrected chi connectivity index (χ0v) is 16.9. The number of amides is 1. The van der Waals surface area contributed by atoms with Crippen LogP contribution >= 0.6 is 0 Å². The number of hydrogen-bond donors (Lipinski definition) is 0. The van der Waals surface area contributed by atoms with Crippen LogP contribution in [0.25, 0.3) is 11.4 Å². The first-order valence-corrected chi connectivity index (χ1v) is 9.23. The monoisotopic (exact) mass is 379 g/mol. The molecule has 0 radical (unpaired) electrons. The fourth-order valence-corrected chi connectivity index (χ4v) is 3.08. The molecule has 0 aliphatic heterocycles. The molecular weight excluding hydrogens is 354 g/mol. The van der Waals surface area contributed by atoms with Gasteiger partial charge in [-0.25, -0.2) is 0 Å². The van der Waals surface area contributed by atoms with Gasteiger partial charge in [0.1, 0.15) is 12.3 Å². The molecule has 0 unspecified atom stereocenters. The van der Waals surface area contributed by atoms with Crippen molar-refractivity contribution in [2.45, 2.75) is 40.3 Å².